The lowest BCUT2D eigenvalue weighted by Gasteiger charge is -2.02. The van der Waals surface area contributed by atoms with Gasteiger partial charge in [-0.05, 0) is 35.7 Å². The smallest absolute Gasteiger partial charge is 0.307 e. The van der Waals surface area contributed by atoms with Gasteiger partial charge >= 0.3 is 5.91 Å². The number of nitrogens with one attached hydrogen (secondary N) is 1. The summed E-state index contributed by atoms with van der Waals surface area (Å²) in [6.45, 7) is 0. The number of nitrogens with zero attached hydrogens (tertiary/aromatic N) is 1. The summed E-state index contributed by atoms with van der Waals surface area (Å²) in [5.41, 5.74) is 2.34. The Morgan fingerprint density at radius 1 is 1.12 bits per heavy atom. The van der Waals surface area contributed by atoms with Crippen LogP contribution in [0.3, 0.4) is 0 Å². The molecule has 2 heterocycles. The third kappa shape index (κ3) is 4.43. The number of sulfone groups is 1. The van der Waals surface area contributed by atoms with E-state index in [1.54, 1.807) is 18.2 Å². The fourth-order valence-electron chi connectivity index (χ4n) is 2.05. The average Bonchev–Trinajstić information content (AvgIpc) is 3.27. The van der Waals surface area contributed by atoms with Crippen molar-refractivity contribution in [1.82, 2.24) is 5.43 Å². The summed E-state index contributed by atoms with van der Waals surface area (Å²) in [6.07, 6.45) is 1.52. The molecule has 6 nitrogen and oxygen atoms in total. The molecule has 0 spiro atoms. The van der Waals surface area contributed by atoms with Crippen LogP contribution in [0.4, 0.5) is 0 Å². The van der Waals surface area contributed by atoms with E-state index in [4.69, 9.17) is 4.42 Å². The van der Waals surface area contributed by atoms with E-state index in [1.165, 1.54) is 41.8 Å². The predicted octanol–water partition coefficient (Wildman–Crippen LogP) is 3.08. The molecular weight excluding hydrogens is 360 g/mol. The first-order valence-electron chi connectivity index (χ1n) is 7.28. The van der Waals surface area contributed by atoms with Gasteiger partial charge in [0.15, 0.2) is 15.6 Å². The monoisotopic (exact) mass is 374 g/mol. The molecule has 25 heavy (non-hydrogen) atoms. The number of amides is 1. The number of hydrogen-bond acceptors (Lipinski definition) is 6. The van der Waals surface area contributed by atoms with E-state index in [0.29, 0.717) is 0 Å². The van der Waals surface area contributed by atoms with Crippen molar-refractivity contribution in [2.75, 3.05) is 0 Å². The second-order valence-electron chi connectivity index (χ2n) is 5.05. The molecule has 3 rings (SSSR count). The molecule has 3 aromatic rings. The van der Waals surface area contributed by atoms with E-state index in [0.717, 1.165) is 4.88 Å². The quantitative estimate of drug-likeness (QED) is 0.530. The van der Waals surface area contributed by atoms with E-state index >= 15 is 0 Å². The molecule has 0 bridgehead atoms. The predicted molar refractivity (Wildman–Crippen MR) is 95.4 cm³/mol. The number of hydrogen-bond donors (Lipinski definition) is 1. The number of carbonyl (C=O) groups excluding carboxylic acids is 1. The highest BCUT2D eigenvalue weighted by Gasteiger charge is 2.19. The molecule has 0 aliphatic carbocycles. The Kier molecular flexibility index (Phi) is 5.11. The lowest BCUT2D eigenvalue weighted by Crippen LogP contribution is -2.16. The minimum atomic E-state index is -3.53. The van der Waals surface area contributed by atoms with Crippen LogP contribution in [0.1, 0.15) is 21.2 Å². The maximum absolute atomic E-state index is 12.3. The zero-order valence-electron chi connectivity index (χ0n) is 13.0. The van der Waals surface area contributed by atoms with Crippen LogP contribution < -0.4 is 5.43 Å². The Hall–Kier alpha value is -2.71. The zero-order chi connectivity index (χ0) is 17.7. The van der Waals surface area contributed by atoms with Crippen molar-refractivity contribution in [3.05, 3.63) is 76.4 Å². The van der Waals surface area contributed by atoms with Crippen LogP contribution in [-0.2, 0) is 15.6 Å². The number of furan rings is 1. The summed E-state index contributed by atoms with van der Waals surface area (Å²) < 4.78 is 29.9. The SMILES string of the molecule is O=C(N/N=C\c1cccs1)c1ccc(CS(=O)(=O)c2ccccc2)o1. The van der Waals surface area contributed by atoms with E-state index in [9.17, 15) is 13.2 Å². The van der Waals surface area contributed by atoms with Gasteiger partial charge in [-0.15, -0.1) is 11.3 Å². The summed E-state index contributed by atoms with van der Waals surface area (Å²) in [5, 5.41) is 5.73. The Morgan fingerprint density at radius 2 is 1.92 bits per heavy atom. The zero-order valence-corrected chi connectivity index (χ0v) is 14.6. The van der Waals surface area contributed by atoms with Crippen LogP contribution in [0.2, 0.25) is 0 Å². The first kappa shape index (κ1) is 17.1. The lowest BCUT2D eigenvalue weighted by atomic mass is 10.4. The van der Waals surface area contributed by atoms with Crippen molar-refractivity contribution in [3.63, 3.8) is 0 Å². The van der Waals surface area contributed by atoms with Gasteiger partial charge in [0.05, 0.1) is 11.1 Å². The molecule has 1 amide bonds. The van der Waals surface area contributed by atoms with Crippen LogP contribution in [-0.4, -0.2) is 20.5 Å². The summed E-state index contributed by atoms with van der Waals surface area (Å²) in [4.78, 5) is 13.1. The maximum Gasteiger partial charge on any atom is 0.307 e. The number of carbonyl (C=O) groups is 1. The largest absolute Gasteiger partial charge is 0.455 e. The maximum atomic E-state index is 12.3. The second-order valence-corrected chi connectivity index (χ2v) is 8.02. The molecule has 1 aromatic carbocycles. The van der Waals surface area contributed by atoms with Crippen LogP contribution >= 0.6 is 11.3 Å². The molecule has 1 N–H and O–H groups in total. The topological polar surface area (TPSA) is 88.7 Å². The van der Waals surface area contributed by atoms with E-state index in [1.807, 2.05) is 17.5 Å². The summed E-state index contributed by atoms with van der Waals surface area (Å²) >= 11 is 1.49. The van der Waals surface area contributed by atoms with Crippen molar-refractivity contribution in [2.45, 2.75) is 10.6 Å². The van der Waals surface area contributed by atoms with Gasteiger partial charge < -0.3 is 4.42 Å². The van der Waals surface area contributed by atoms with Gasteiger partial charge in [0, 0.05) is 4.88 Å². The molecular formula is C17H14N2O4S2. The molecule has 0 saturated heterocycles. The van der Waals surface area contributed by atoms with Crippen LogP contribution in [0, 0.1) is 0 Å². The highest BCUT2D eigenvalue weighted by Crippen LogP contribution is 2.18. The van der Waals surface area contributed by atoms with Crippen LogP contribution in [0.5, 0.6) is 0 Å². The number of hydrazone groups is 1. The van der Waals surface area contributed by atoms with E-state index in [2.05, 4.69) is 10.5 Å². The van der Waals surface area contributed by atoms with Gasteiger partial charge in [-0.25, -0.2) is 13.8 Å². The fourth-order valence-corrected chi connectivity index (χ4v) is 3.90. The van der Waals surface area contributed by atoms with Gasteiger partial charge in [0.25, 0.3) is 0 Å². The molecule has 0 unspecified atom stereocenters. The van der Waals surface area contributed by atoms with Gasteiger partial charge in [-0.3, -0.25) is 4.79 Å². The van der Waals surface area contributed by atoms with Crippen LogP contribution in [0.15, 0.2) is 74.4 Å². The average molecular weight is 374 g/mol. The molecule has 0 aliphatic heterocycles. The highest BCUT2D eigenvalue weighted by molar-refractivity contribution is 7.90. The van der Waals surface area contributed by atoms with Gasteiger partial charge in [0.1, 0.15) is 11.5 Å². The lowest BCUT2D eigenvalue weighted by molar-refractivity contribution is 0.0926. The van der Waals surface area contributed by atoms with Gasteiger partial charge in [-0.2, -0.15) is 5.10 Å². The summed E-state index contributed by atoms with van der Waals surface area (Å²) in [7, 11) is -3.53. The van der Waals surface area contributed by atoms with Crippen molar-refractivity contribution in [2.24, 2.45) is 5.10 Å². The number of benzene rings is 1. The standard InChI is InChI=1S/C17H14N2O4S2/c20-17(19-18-11-14-5-4-10-24-14)16-9-8-13(23-16)12-25(21,22)15-6-2-1-3-7-15/h1-11H,12H2,(H,19,20)/b18-11-. The highest BCUT2D eigenvalue weighted by atomic mass is 32.2. The van der Waals surface area contributed by atoms with E-state index < -0.39 is 15.7 Å². The molecule has 0 radical (unpaired) electrons. The molecule has 0 atom stereocenters. The van der Waals surface area contributed by atoms with Crippen molar-refractivity contribution in [1.29, 1.82) is 0 Å². The minimum Gasteiger partial charge on any atom is -0.455 e. The first-order chi connectivity index (χ1) is 12.0. The normalized spacial score (nSPS) is 11.7. The molecule has 0 fully saturated rings. The first-order valence-corrected chi connectivity index (χ1v) is 9.81. The fraction of sp³-hybridized carbons (Fsp3) is 0.0588. The Morgan fingerprint density at radius 3 is 2.64 bits per heavy atom. The molecule has 128 valence electrons. The molecule has 8 heteroatoms. The van der Waals surface area contributed by atoms with Crippen LogP contribution in [0.25, 0.3) is 0 Å². The third-order valence-electron chi connectivity index (χ3n) is 3.22. The number of thiophene rings is 1. The van der Waals surface area contributed by atoms with Gasteiger partial charge in [0.2, 0.25) is 0 Å². The van der Waals surface area contributed by atoms with E-state index in [-0.39, 0.29) is 22.2 Å². The van der Waals surface area contributed by atoms with Crippen molar-refractivity contribution >= 4 is 33.3 Å². The number of rotatable bonds is 6. The summed E-state index contributed by atoms with van der Waals surface area (Å²) in [6, 6.07) is 14.7. The summed E-state index contributed by atoms with van der Waals surface area (Å²) in [5.74, 6) is -0.669. The third-order valence-corrected chi connectivity index (χ3v) is 5.68. The Labute approximate surface area is 148 Å². The Bertz CT molecular complexity index is 975. The van der Waals surface area contributed by atoms with Crippen molar-refractivity contribution < 1.29 is 17.6 Å². The van der Waals surface area contributed by atoms with Crippen molar-refractivity contribution in [3.8, 4) is 0 Å². The second kappa shape index (κ2) is 7.45. The molecule has 0 saturated carbocycles. The molecule has 2 aromatic heterocycles. The van der Waals surface area contributed by atoms with Gasteiger partial charge in [-0.1, -0.05) is 24.3 Å². The molecule has 0 aliphatic rings. The Balaban J connectivity index is 1.65. The minimum absolute atomic E-state index is 0.00147.